The van der Waals surface area contributed by atoms with Gasteiger partial charge in [0, 0.05) is 13.0 Å². The summed E-state index contributed by atoms with van der Waals surface area (Å²) < 4.78 is 6.82. The molecule has 0 spiro atoms. The molecule has 0 saturated heterocycles. The van der Waals surface area contributed by atoms with E-state index >= 15 is 0 Å². The molecule has 1 aliphatic carbocycles. The van der Waals surface area contributed by atoms with Crippen LogP contribution in [-0.4, -0.2) is 19.7 Å². The molecular weight excluding hydrogens is 322 g/mol. The minimum atomic E-state index is -0.497. The molecular formula is C17H19N5O3. The molecule has 2 aromatic heterocycles. The monoisotopic (exact) mass is 341 g/mol. The van der Waals surface area contributed by atoms with Gasteiger partial charge in [-0.15, -0.1) is 0 Å². The maximum Gasteiger partial charge on any atom is 0.328 e. The summed E-state index contributed by atoms with van der Waals surface area (Å²) in [6.07, 6.45) is 4.24. The van der Waals surface area contributed by atoms with Crippen LogP contribution < -0.4 is 17.0 Å². The molecule has 3 N–H and O–H groups in total. The molecule has 8 nitrogen and oxygen atoms in total. The van der Waals surface area contributed by atoms with Crippen LogP contribution in [0.4, 0.5) is 0 Å². The first kappa shape index (κ1) is 15.8. The first-order chi connectivity index (χ1) is 12.1. The number of nitrogens with one attached hydrogen (secondary N) is 1. The second-order valence-electron chi connectivity index (χ2n) is 6.55. The fourth-order valence-corrected chi connectivity index (χ4v) is 3.46. The third kappa shape index (κ3) is 2.78. The normalized spacial score (nSPS) is 16.5. The van der Waals surface area contributed by atoms with Crippen molar-refractivity contribution in [2.75, 3.05) is 0 Å². The molecule has 0 atom stereocenters. The van der Waals surface area contributed by atoms with Gasteiger partial charge in [0.15, 0.2) is 5.82 Å². The summed E-state index contributed by atoms with van der Waals surface area (Å²) in [5, 5.41) is 4.50. The SMILES string of the molecule is NC1(c2noc(CCn3c(=O)[nH]c(=O)c4ccccc43)n2)CCCC1. The largest absolute Gasteiger partial charge is 0.339 e. The van der Waals surface area contributed by atoms with Crippen LogP contribution in [0.2, 0.25) is 0 Å². The average molecular weight is 341 g/mol. The molecule has 0 unspecified atom stereocenters. The van der Waals surface area contributed by atoms with Crippen molar-refractivity contribution >= 4 is 10.9 Å². The predicted molar refractivity (Wildman–Crippen MR) is 91.2 cm³/mol. The molecule has 1 fully saturated rings. The third-order valence-electron chi connectivity index (χ3n) is 4.86. The summed E-state index contributed by atoms with van der Waals surface area (Å²) in [4.78, 5) is 30.8. The quantitative estimate of drug-likeness (QED) is 0.732. The van der Waals surface area contributed by atoms with E-state index in [1.807, 2.05) is 0 Å². The second kappa shape index (κ2) is 5.96. The van der Waals surface area contributed by atoms with Gasteiger partial charge < -0.3 is 10.3 Å². The lowest BCUT2D eigenvalue weighted by molar-refractivity contribution is 0.345. The highest BCUT2D eigenvalue weighted by Gasteiger charge is 2.35. The molecule has 0 radical (unpaired) electrons. The Bertz CT molecular complexity index is 1030. The Kier molecular flexibility index (Phi) is 3.76. The van der Waals surface area contributed by atoms with E-state index in [2.05, 4.69) is 15.1 Å². The van der Waals surface area contributed by atoms with Crippen molar-refractivity contribution in [3.05, 3.63) is 56.8 Å². The Balaban J connectivity index is 1.60. The summed E-state index contributed by atoms with van der Waals surface area (Å²) in [7, 11) is 0. The molecule has 0 bridgehead atoms. The van der Waals surface area contributed by atoms with Gasteiger partial charge in [0.1, 0.15) is 0 Å². The predicted octanol–water partition coefficient (Wildman–Crippen LogP) is 1.04. The highest BCUT2D eigenvalue weighted by Crippen LogP contribution is 2.34. The molecule has 0 aliphatic heterocycles. The fraction of sp³-hybridized carbons (Fsp3) is 0.412. The molecule has 0 amide bonds. The summed E-state index contributed by atoms with van der Waals surface area (Å²) in [6.45, 7) is 0.329. The fourth-order valence-electron chi connectivity index (χ4n) is 3.46. The minimum Gasteiger partial charge on any atom is -0.339 e. The van der Waals surface area contributed by atoms with Crippen molar-refractivity contribution in [1.82, 2.24) is 19.7 Å². The van der Waals surface area contributed by atoms with Gasteiger partial charge >= 0.3 is 5.69 Å². The molecule has 1 aromatic carbocycles. The van der Waals surface area contributed by atoms with Crippen LogP contribution in [-0.2, 0) is 18.5 Å². The molecule has 25 heavy (non-hydrogen) atoms. The lowest BCUT2D eigenvalue weighted by atomic mass is 9.99. The zero-order chi connectivity index (χ0) is 17.4. The molecule has 3 aromatic rings. The number of benzene rings is 1. The van der Waals surface area contributed by atoms with Crippen LogP contribution in [0.5, 0.6) is 0 Å². The molecule has 1 saturated carbocycles. The van der Waals surface area contributed by atoms with Gasteiger partial charge in [-0.05, 0) is 25.0 Å². The van der Waals surface area contributed by atoms with Crippen molar-refractivity contribution in [3.8, 4) is 0 Å². The van der Waals surface area contributed by atoms with Gasteiger partial charge in [0.25, 0.3) is 5.56 Å². The molecule has 1 aliphatic rings. The van der Waals surface area contributed by atoms with E-state index in [4.69, 9.17) is 10.3 Å². The minimum absolute atomic E-state index is 0.329. The Hall–Kier alpha value is -2.74. The van der Waals surface area contributed by atoms with E-state index < -0.39 is 11.2 Å². The molecule has 4 rings (SSSR count). The first-order valence-corrected chi connectivity index (χ1v) is 8.41. The van der Waals surface area contributed by atoms with Crippen molar-refractivity contribution in [1.29, 1.82) is 0 Å². The van der Waals surface area contributed by atoms with Gasteiger partial charge in [-0.3, -0.25) is 14.3 Å². The number of nitrogens with zero attached hydrogens (tertiary/aromatic N) is 3. The zero-order valence-corrected chi connectivity index (χ0v) is 13.7. The van der Waals surface area contributed by atoms with Gasteiger partial charge in [0.05, 0.1) is 16.4 Å². The second-order valence-corrected chi connectivity index (χ2v) is 6.55. The molecule has 8 heteroatoms. The number of rotatable bonds is 4. The smallest absolute Gasteiger partial charge is 0.328 e. The van der Waals surface area contributed by atoms with Gasteiger partial charge in [-0.1, -0.05) is 30.1 Å². The number of aromatic nitrogens is 4. The topological polar surface area (TPSA) is 120 Å². The number of aryl methyl sites for hydroxylation is 2. The third-order valence-corrected chi connectivity index (χ3v) is 4.86. The number of fused-ring (bicyclic) bond motifs is 1. The van der Waals surface area contributed by atoms with E-state index in [1.165, 1.54) is 4.57 Å². The van der Waals surface area contributed by atoms with Crippen LogP contribution in [0.3, 0.4) is 0 Å². The standard InChI is InChI=1S/C17H19N5O3/c18-17(8-3-4-9-17)15-19-13(25-21-15)7-10-22-12-6-2-1-5-11(12)14(23)20-16(22)24/h1-2,5-6H,3-4,7-10,18H2,(H,20,23,24). The van der Waals surface area contributed by atoms with E-state index in [1.54, 1.807) is 24.3 Å². The number of hydrogen-bond acceptors (Lipinski definition) is 6. The van der Waals surface area contributed by atoms with Crippen LogP contribution in [0, 0.1) is 0 Å². The van der Waals surface area contributed by atoms with E-state index in [-0.39, 0.29) is 5.56 Å². The van der Waals surface area contributed by atoms with Crippen LogP contribution in [0.1, 0.15) is 37.4 Å². The average Bonchev–Trinajstić information content (AvgIpc) is 3.25. The lowest BCUT2D eigenvalue weighted by Crippen LogP contribution is -2.34. The number of H-pyrrole nitrogens is 1. The van der Waals surface area contributed by atoms with Crippen molar-refractivity contribution < 1.29 is 4.52 Å². The molecule has 130 valence electrons. The number of para-hydroxylation sites is 1. The summed E-state index contributed by atoms with van der Waals surface area (Å²) in [5.74, 6) is 0.979. The Morgan fingerprint density at radius 1 is 1.24 bits per heavy atom. The van der Waals surface area contributed by atoms with Crippen molar-refractivity contribution in [2.45, 2.75) is 44.2 Å². The van der Waals surface area contributed by atoms with Crippen LogP contribution in [0.25, 0.3) is 10.9 Å². The highest BCUT2D eigenvalue weighted by atomic mass is 16.5. The maximum atomic E-state index is 12.2. The number of aromatic amines is 1. The number of nitrogens with two attached hydrogens (primary N) is 1. The molecule has 2 heterocycles. The first-order valence-electron chi connectivity index (χ1n) is 8.41. The van der Waals surface area contributed by atoms with Gasteiger partial charge in [0.2, 0.25) is 5.89 Å². The Morgan fingerprint density at radius 3 is 2.80 bits per heavy atom. The lowest BCUT2D eigenvalue weighted by Gasteiger charge is -2.17. The van der Waals surface area contributed by atoms with E-state index in [0.29, 0.717) is 35.6 Å². The Labute approximate surface area is 142 Å². The van der Waals surface area contributed by atoms with Crippen molar-refractivity contribution in [3.63, 3.8) is 0 Å². The van der Waals surface area contributed by atoms with Crippen molar-refractivity contribution in [2.24, 2.45) is 5.73 Å². The van der Waals surface area contributed by atoms with Gasteiger partial charge in [-0.2, -0.15) is 4.98 Å². The highest BCUT2D eigenvalue weighted by molar-refractivity contribution is 5.77. The summed E-state index contributed by atoms with van der Waals surface area (Å²) >= 11 is 0. The van der Waals surface area contributed by atoms with E-state index in [0.717, 1.165) is 25.7 Å². The van der Waals surface area contributed by atoms with E-state index in [9.17, 15) is 9.59 Å². The Morgan fingerprint density at radius 2 is 2.00 bits per heavy atom. The van der Waals surface area contributed by atoms with Crippen LogP contribution >= 0.6 is 0 Å². The zero-order valence-electron chi connectivity index (χ0n) is 13.7. The summed E-state index contributed by atoms with van der Waals surface area (Å²) in [5.41, 5.74) is 5.59. The number of hydrogen-bond donors (Lipinski definition) is 2. The summed E-state index contributed by atoms with van der Waals surface area (Å²) in [6, 6.07) is 6.99. The maximum absolute atomic E-state index is 12.2. The van der Waals surface area contributed by atoms with Crippen LogP contribution in [0.15, 0.2) is 38.4 Å². The van der Waals surface area contributed by atoms with Gasteiger partial charge in [-0.25, -0.2) is 4.79 Å².